The Labute approximate surface area is 173 Å². The molecule has 7 nitrogen and oxygen atoms in total. The van der Waals surface area contributed by atoms with Gasteiger partial charge in [-0.15, -0.1) is 24.8 Å². The van der Waals surface area contributed by atoms with Gasteiger partial charge in [0.05, 0.1) is 20.3 Å². The SMILES string of the molecule is COc1cc(CNC(=O)CC2COCCN2)ccc1OCCN(C)C.Cl.Cl. The highest BCUT2D eigenvalue weighted by atomic mass is 35.5. The van der Waals surface area contributed by atoms with Crippen molar-refractivity contribution in [3.63, 3.8) is 0 Å². The summed E-state index contributed by atoms with van der Waals surface area (Å²) >= 11 is 0. The summed E-state index contributed by atoms with van der Waals surface area (Å²) in [7, 11) is 5.62. The third kappa shape index (κ3) is 9.48. The van der Waals surface area contributed by atoms with Crippen LogP contribution in [0, 0.1) is 0 Å². The molecule has 1 saturated heterocycles. The molecular weight excluding hydrogens is 393 g/mol. The van der Waals surface area contributed by atoms with Crippen molar-refractivity contribution >= 4 is 30.7 Å². The van der Waals surface area contributed by atoms with Crippen molar-refractivity contribution in [3.05, 3.63) is 23.8 Å². The Kier molecular flexibility index (Phi) is 13.2. The molecular formula is C18H31Cl2N3O4. The summed E-state index contributed by atoms with van der Waals surface area (Å²) in [5.41, 5.74) is 0.970. The first kappa shape index (κ1) is 25.8. The lowest BCUT2D eigenvalue weighted by molar-refractivity contribution is -0.122. The highest BCUT2D eigenvalue weighted by Gasteiger charge is 2.16. The van der Waals surface area contributed by atoms with Gasteiger partial charge in [-0.05, 0) is 31.8 Å². The van der Waals surface area contributed by atoms with E-state index in [4.69, 9.17) is 14.2 Å². The quantitative estimate of drug-likeness (QED) is 0.626. The van der Waals surface area contributed by atoms with Crippen LogP contribution in [0.3, 0.4) is 0 Å². The molecule has 1 fully saturated rings. The number of benzene rings is 1. The Bertz CT molecular complexity index is 555. The summed E-state index contributed by atoms with van der Waals surface area (Å²) in [4.78, 5) is 14.1. The minimum Gasteiger partial charge on any atom is -0.493 e. The molecule has 0 radical (unpaired) electrons. The van der Waals surface area contributed by atoms with Crippen molar-refractivity contribution in [1.82, 2.24) is 15.5 Å². The van der Waals surface area contributed by atoms with E-state index in [-0.39, 0.29) is 36.8 Å². The number of likely N-dealkylation sites (N-methyl/N-ethyl adjacent to an activating group) is 1. The molecule has 156 valence electrons. The Balaban J connectivity index is 0.00000338. The minimum absolute atomic E-state index is 0. The summed E-state index contributed by atoms with van der Waals surface area (Å²) in [5, 5.41) is 6.21. The van der Waals surface area contributed by atoms with Gasteiger partial charge in [-0.25, -0.2) is 0 Å². The second-order valence-electron chi connectivity index (χ2n) is 6.34. The average Bonchev–Trinajstić information content (AvgIpc) is 2.61. The highest BCUT2D eigenvalue weighted by Crippen LogP contribution is 2.28. The van der Waals surface area contributed by atoms with Crippen LogP contribution >= 0.6 is 24.8 Å². The van der Waals surface area contributed by atoms with Crippen LogP contribution in [0.15, 0.2) is 18.2 Å². The first-order valence-electron chi connectivity index (χ1n) is 8.60. The van der Waals surface area contributed by atoms with Crippen LogP contribution in [0.1, 0.15) is 12.0 Å². The number of ether oxygens (including phenoxy) is 3. The summed E-state index contributed by atoms with van der Waals surface area (Å²) in [6.07, 6.45) is 0.420. The van der Waals surface area contributed by atoms with Gasteiger partial charge in [0, 0.05) is 32.1 Å². The summed E-state index contributed by atoms with van der Waals surface area (Å²) in [6, 6.07) is 5.81. The van der Waals surface area contributed by atoms with Gasteiger partial charge in [0.15, 0.2) is 11.5 Å². The fraction of sp³-hybridized carbons (Fsp3) is 0.611. The van der Waals surface area contributed by atoms with Gasteiger partial charge in [0.1, 0.15) is 6.61 Å². The molecule has 0 saturated carbocycles. The van der Waals surface area contributed by atoms with Crippen LogP contribution in [-0.4, -0.2) is 71.0 Å². The smallest absolute Gasteiger partial charge is 0.221 e. The van der Waals surface area contributed by atoms with Crippen molar-refractivity contribution in [3.8, 4) is 11.5 Å². The van der Waals surface area contributed by atoms with E-state index in [2.05, 4.69) is 15.5 Å². The lowest BCUT2D eigenvalue weighted by atomic mass is 10.1. The Morgan fingerprint density at radius 3 is 2.74 bits per heavy atom. The monoisotopic (exact) mass is 423 g/mol. The van der Waals surface area contributed by atoms with Gasteiger partial charge in [0.2, 0.25) is 5.91 Å². The summed E-state index contributed by atoms with van der Waals surface area (Å²) in [5.74, 6) is 1.39. The number of carbonyl (C=O) groups excluding carboxylic acids is 1. The molecule has 1 heterocycles. The molecule has 0 aromatic heterocycles. The van der Waals surface area contributed by atoms with Crippen LogP contribution in [0.25, 0.3) is 0 Å². The number of halogens is 2. The van der Waals surface area contributed by atoms with Crippen molar-refractivity contribution in [2.24, 2.45) is 0 Å². The molecule has 1 unspecified atom stereocenters. The molecule has 1 aromatic rings. The predicted octanol–water partition coefficient (Wildman–Crippen LogP) is 1.47. The number of morpholine rings is 1. The standard InChI is InChI=1S/C18H29N3O4.2ClH/c1-21(2)7-9-25-16-5-4-14(10-17(16)23-3)12-20-18(22)11-15-13-24-8-6-19-15;;/h4-5,10,15,19H,6-9,11-13H2,1-3H3,(H,20,22);2*1H. The zero-order chi connectivity index (χ0) is 18.1. The maximum absolute atomic E-state index is 12.0. The predicted molar refractivity (Wildman–Crippen MR) is 111 cm³/mol. The van der Waals surface area contributed by atoms with Crippen LogP contribution in [-0.2, 0) is 16.1 Å². The average molecular weight is 424 g/mol. The van der Waals surface area contributed by atoms with Crippen molar-refractivity contribution < 1.29 is 19.0 Å². The van der Waals surface area contributed by atoms with E-state index < -0.39 is 0 Å². The van der Waals surface area contributed by atoms with Gasteiger partial charge in [-0.3, -0.25) is 4.79 Å². The van der Waals surface area contributed by atoms with Gasteiger partial charge in [-0.2, -0.15) is 0 Å². The zero-order valence-corrected chi connectivity index (χ0v) is 17.8. The topological polar surface area (TPSA) is 72.1 Å². The van der Waals surface area contributed by atoms with Crippen LogP contribution in [0.2, 0.25) is 0 Å². The molecule has 1 aromatic carbocycles. The fourth-order valence-electron chi connectivity index (χ4n) is 2.53. The largest absolute Gasteiger partial charge is 0.493 e. The molecule has 2 rings (SSSR count). The van der Waals surface area contributed by atoms with Crippen LogP contribution < -0.4 is 20.1 Å². The molecule has 1 atom stereocenters. The van der Waals surface area contributed by atoms with Crippen LogP contribution in [0.5, 0.6) is 11.5 Å². The van der Waals surface area contributed by atoms with Gasteiger partial charge >= 0.3 is 0 Å². The Morgan fingerprint density at radius 2 is 2.11 bits per heavy atom. The van der Waals surface area contributed by atoms with Crippen molar-refractivity contribution in [2.75, 3.05) is 54.1 Å². The lowest BCUT2D eigenvalue weighted by Gasteiger charge is -2.23. The van der Waals surface area contributed by atoms with Gasteiger partial charge in [0.25, 0.3) is 0 Å². The number of methoxy groups -OCH3 is 1. The van der Waals surface area contributed by atoms with E-state index in [1.807, 2.05) is 32.3 Å². The number of amides is 1. The van der Waals surface area contributed by atoms with Crippen molar-refractivity contribution in [1.29, 1.82) is 0 Å². The molecule has 2 N–H and O–H groups in total. The normalized spacial score (nSPS) is 16.1. The van der Waals surface area contributed by atoms with E-state index in [1.165, 1.54) is 0 Å². The first-order chi connectivity index (χ1) is 12.1. The van der Waals surface area contributed by atoms with Gasteiger partial charge in [-0.1, -0.05) is 6.07 Å². The molecule has 1 amide bonds. The molecule has 0 aliphatic carbocycles. The van der Waals surface area contributed by atoms with E-state index in [1.54, 1.807) is 7.11 Å². The van der Waals surface area contributed by atoms with Crippen molar-refractivity contribution in [2.45, 2.75) is 19.0 Å². The van der Waals surface area contributed by atoms with Crippen LogP contribution in [0.4, 0.5) is 0 Å². The highest BCUT2D eigenvalue weighted by molar-refractivity contribution is 5.85. The third-order valence-electron chi connectivity index (χ3n) is 3.94. The lowest BCUT2D eigenvalue weighted by Crippen LogP contribution is -2.44. The third-order valence-corrected chi connectivity index (χ3v) is 3.94. The first-order valence-corrected chi connectivity index (χ1v) is 8.60. The maximum atomic E-state index is 12.0. The minimum atomic E-state index is 0. The summed E-state index contributed by atoms with van der Waals surface area (Å²) in [6.45, 7) is 3.97. The number of nitrogens with one attached hydrogen (secondary N) is 2. The molecule has 0 spiro atoms. The van der Waals surface area contributed by atoms with Gasteiger partial charge < -0.3 is 29.7 Å². The zero-order valence-electron chi connectivity index (χ0n) is 16.2. The fourth-order valence-corrected chi connectivity index (χ4v) is 2.53. The number of nitrogens with zero attached hydrogens (tertiary/aromatic N) is 1. The summed E-state index contributed by atoms with van der Waals surface area (Å²) < 4.78 is 16.5. The Morgan fingerprint density at radius 1 is 1.33 bits per heavy atom. The Hall–Kier alpha value is -1.25. The van der Waals surface area contributed by atoms with E-state index in [0.717, 1.165) is 18.7 Å². The molecule has 27 heavy (non-hydrogen) atoms. The number of carbonyl (C=O) groups is 1. The molecule has 1 aliphatic rings. The maximum Gasteiger partial charge on any atom is 0.221 e. The number of hydrogen-bond donors (Lipinski definition) is 2. The second-order valence-corrected chi connectivity index (χ2v) is 6.34. The van der Waals surface area contributed by atoms with E-state index >= 15 is 0 Å². The molecule has 0 bridgehead atoms. The number of hydrogen-bond acceptors (Lipinski definition) is 6. The number of rotatable bonds is 9. The van der Waals surface area contributed by atoms with E-state index in [0.29, 0.717) is 44.3 Å². The molecule has 1 aliphatic heterocycles. The van der Waals surface area contributed by atoms with E-state index in [9.17, 15) is 4.79 Å². The second kappa shape index (κ2) is 13.8. The molecule has 9 heteroatoms.